The highest BCUT2D eigenvalue weighted by Crippen LogP contribution is 2.37. The van der Waals surface area contributed by atoms with Gasteiger partial charge in [0, 0.05) is 6.07 Å². The molecule has 0 aliphatic heterocycles. The minimum Gasteiger partial charge on any atom is -0.397 e. The fraction of sp³-hybridized carbons (Fsp3) is 0. The molecule has 1 heterocycles. The zero-order chi connectivity index (χ0) is 14.9. The molecule has 0 aliphatic rings. The van der Waals surface area contributed by atoms with Gasteiger partial charge in [0.15, 0.2) is 4.34 Å². The summed E-state index contributed by atoms with van der Waals surface area (Å²) in [6, 6.07) is 7.19. The van der Waals surface area contributed by atoms with Crippen LogP contribution in [0.5, 0.6) is 0 Å². The fourth-order valence-corrected chi connectivity index (χ4v) is 4.13. The van der Waals surface area contributed by atoms with Crippen molar-refractivity contribution in [3.05, 3.63) is 44.8 Å². The highest BCUT2D eigenvalue weighted by Gasteiger charge is 2.25. The van der Waals surface area contributed by atoms with E-state index in [1.807, 2.05) is 0 Å². The number of halogens is 1. The van der Waals surface area contributed by atoms with E-state index >= 15 is 0 Å². The van der Waals surface area contributed by atoms with Crippen LogP contribution in [0.4, 0.5) is 17.1 Å². The molecule has 1 aromatic carbocycles. The average Bonchev–Trinajstić information content (AvgIpc) is 2.75. The lowest BCUT2D eigenvalue weighted by Gasteiger charge is -2.07. The molecule has 106 valence electrons. The van der Waals surface area contributed by atoms with E-state index < -0.39 is 20.6 Å². The maximum absolute atomic E-state index is 12.1. The van der Waals surface area contributed by atoms with Gasteiger partial charge in [-0.15, -0.1) is 11.3 Å². The summed E-state index contributed by atoms with van der Waals surface area (Å²) < 4.78 is 26.0. The molecule has 0 atom stereocenters. The summed E-state index contributed by atoms with van der Waals surface area (Å²) in [5, 5.41) is 10.7. The van der Waals surface area contributed by atoms with Crippen molar-refractivity contribution in [2.45, 2.75) is 4.21 Å². The lowest BCUT2D eigenvalue weighted by Crippen LogP contribution is -2.12. The van der Waals surface area contributed by atoms with Crippen LogP contribution >= 0.6 is 22.9 Å². The molecule has 20 heavy (non-hydrogen) atoms. The van der Waals surface area contributed by atoms with E-state index in [1.165, 1.54) is 12.1 Å². The fourth-order valence-electron chi connectivity index (χ4n) is 1.38. The molecule has 7 nitrogen and oxygen atoms in total. The van der Waals surface area contributed by atoms with Crippen molar-refractivity contribution in [3.8, 4) is 0 Å². The van der Waals surface area contributed by atoms with Crippen molar-refractivity contribution in [1.29, 1.82) is 0 Å². The number of nitrogens with zero attached hydrogens (tertiary/aromatic N) is 1. The number of hydrogen-bond acceptors (Lipinski definition) is 6. The number of para-hydroxylation sites is 2. The molecule has 1 aromatic heterocycles. The van der Waals surface area contributed by atoms with Crippen LogP contribution in [-0.2, 0) is 10.0 Å². The van der Waals surface area contributed by atoms with Gasteiger partial charge in [0.2, 0.25) is 0 Å². The summed E-state index contributed by atoms with van der Waals surface area (Å²) in [5.74, 6) is 0. The van der Waals surface area contributed by atoms with Gasteiger partial charge in [0.05, 0.1) is 16.3 Å². The Morgan fingerprint density at radius 1 is 1.35 bits per heavy atom. The first-order chi connectivity index (χ1) is 9.31. The van der Waals surface area contributed by atoms with E-state index in [0.29, 0.717) is 11.3 Å². The highest BCUT2D eigenvalue weighted by atomic mass is 35.5. The molecule has 10 heteroatoms. The van der Waals surface area contributed by atoms with Crippen molar-refractivity contribution in [1.82, 2.24) is 0 Å². The van der Waals surface area contributed by atoms with Crippen molar-refractivity contribution in [2.24, 2.45) is 0 Å². The first-order valence-electron chi connectivity index (χ1n) is 5.12. The number of benzene rings is 1. The molecule has 0 bridgehead atoms. The number of anilines is 2. The molecule has 0 radical (unpaired) electrons. The zero-order valence-corrected chi connectivity index (χ0v) is 12.1. The molecule has 0 aliphatic carbocycles. The van der Waals surface area contributed by atoms with Crippen molar-refractivity contribution >= 4 is 50.0 Å². The Morgan fingerprint density at radius 2 is 2.00 bits per heavy atom. The lowest BCUT2D eigenvalue weighted by molar-refractivity contribution is -0.384. The standard InChI is InChI=1S/C10H8ClN3O4S2/c11-10-8(14(15)16)5-9(19-10)20(17,18)13-7-4-2-1-3-6(7)12/h1-5,13H,12H2. The van der Waals surface area contributed by atoms with Gasteiger partial charge in [0.25, 0.3) is 15.7 Å². The van der Waals surface area contributed by atoms with Crippen LogP contribution in [0.25, 0.3) is 0 Å². The van der Waals surface area contributed by atoms with E-state index in [9.17, 15) is 18.5 Å². The number of nitrogens with one attached hydrogen (secondary N) is 1. The highest BCUT2D eigenvalue weighted by molar-refractivity contribution is 7.94. The van der Waals surface area contributed by atoms with Crippen LogP contribution in [-0.4, -0.2) is 13.3 Å². The Kier molecular flexibility index (Phi) is 3.84. The van der Waals surface area contributed by atoms with E-state index in [2.05, 4.69) is 4.72 Å². The molecule has 0 spiro atoms. The van der Waals surface area contributed by atoms with Gasteiger partial charge in [-0.2, -0.15) is 0 Å². The summed E-state index contributed by atoms with van der Waals surface area (Å²) in [4.78, 5) is 9.93. The third-order valence-electron chi connectivity index (χ3n) is 2.31. The number of thiophene rings is 1. The maximum atomic E-state index is 12.1. The van der Waals surface area contributed by atoms with E-state index in [-0.39, 0.29) is 19.9 Å². The van der Waals surface area contributed by atoms with Crippen LogP contribution in [0.1, 0.15) is 0 Å². The normalized spacial score (nSPS) is 11.2. The summed E-state index contributed by atoms with van der Waals surface area (Å²) in [6.07, 6.45) is 0. The Morgan fingerprint density at radius 3 is 2.55 bits per heavy atom. The number of sulfonamides is 1. The lowest BCUT2D eigenvalue weighted by atomic mass is 10.3. The Hall–Kier alpha value is -1.84. The largest absolute Gasteiger partial charge is 0.397 e. The van der Waals surface area contributed by atoms with Crippen molar-refractivity contribution in [2.75, 3.05) is 10.5 Å². The monoisotopic (exact) mass is 333 g/mol. The van der Waals surface area contributed by atoms with Gasteiger partial charge in [0.1, 0.15) is 4.21 Å². The molecular weight excluding hydrogens is 326 g/mol. The van der Waals surface area contributed by atoms with Crippen molar-refractivity contribution in [3.63, 3.8) is 0 Å². The van der Waals surface area contributed by atoms with Gasteiger partial charge in [-0.1, -0.05) is 23.7 Å². The predicted molar refractivity (Wildman–Crippen MR) is 77.6 cm³/mol. The average molecular weight is 334 g/mol. The van der Waals surface area contributed by atoms with Crippen LogP contribution in [0.2, 0.25) is 4.34 Å². The molecule has 0 saturated heterocycles. The van der Waals surface area contributed by atoms with Crippen LogP contribution < -0.4 is 10.5 Å². The quantitative estimate of drug-likeness (QED) is 0.507. The van der Waals surface area contributed by atoms with E-state index in [0.717, 1.165) is 6.07 Å². The molecule has 2 aromatic rings. The van der Waals surface area contributed by atoms with Crippen LogP contribution in [0, 0.1) is 10.1 Å². The Bertz CT molecular complexity index is 773. The molecule has 0 amide bonds. The SMILES string of the molecule is Nc1ccccc1NS(=O)(=O)c1cc([N+](=O)[O-])c(Cl)s1. The third-order valence-corrected chi connectivity index (χ3v) is 5.49. The zero-order valence-electron chi connectivity index (χ0n) is 9.74. The molecular formula is C10H8ClN3O4S2. The summed E-state index contributed by atoms with van der Waals surface area (Å²) in [6.45, 7) is 0. The third kappa shape index (κ3) is 2.84. The summed E-state index contributed by atoms with van der Waals surface area (Å²) in [5.41, 5.74) is 5.62. The molecule has 3 N–H and O–H groups in total. The maximum Gasteiger partial charge on any atom is 0.300 e. The number of rotatable bonds is 4. The van der Waals surface area contributed by atoms with Gasteiger partial charge in [-0.25, -0.2) is 8.42 Å². The molecule has 0 fully saturated rings. The number of nitrogens with two attached hydrogens (primary N) is 1. The predicted octanol–water partition coefficient (Wildman–Crippen LogP) is 2.69. The van der Waals surface area contributed by atoms with E-state index in [4.69, 9.17) is 17.3 Å². The number of hydrogen-bond donors (Lipinski definition) is 2. The van der Waals surface area contributed by atoms with Gasteiger partial charge >= 0.3 is 0 Å². The minimum absolute atomic E-state index is 0.194. The summed E-state index contributed by atoms with van der Waals surface area (Å²) in [7, 11) is -3.97. The van der Waals surface area contributed by atoms with Crippen LogP contribution in [0.15, 0.2) is 34.5 Å². The number of nitro groups is 1. The molecule has 0 saturated carbocycles. The van der Waals surface area contributed by atoms with Crippen molar-refractivity contribution < 1.29 is 13.3 Å². The second kappa shape index (κ2) is 5.27. The minimum atomic E-state index is -3.97. The Balaban J connectivity index is 2.39. The first-order valence-corrected chi connectivity index (χ1v) is 7.80. The topological polar surface area (TPSA) is 115 Å². The molecule has 2 rings (SSSR count). The smallest absolute Gasteiger partial charge is 0.300 e. The van der Waals surface area contributed by atoms with Crippen LogP contribution in [0.3, 0.4) is 0 Å². The van der Waals surface area contributed by atoms with Gasteiger partial charge < -0.3 is 5.73 Å². The van der Waals surface area contributed by atoms with E-state index in [1.54, 1.807) is 12.1 Å². The summed E-state index contributed by atoms with van der Waals surface area (Å²) >= 11 is 6.25. The first kappa shape index (κ1) is 14.6. The molecule has 0 unspecified atom stereocenters. The van der Waals surface area contributed by atoms with Gasteiger partial charge in [-0.3, -0.25) is 14.8 Å². The number of nitrogen functional groups attached to an aromatic ring is 1. The second-order valence-electron chi connectivity index (χ2n) is 3.67. The van der Waals surface area contributed by atoms with Gasteiger partial charge in [-0.05, 0) is 12.1 Å². The Labute approximate surface area is 123 Å². The second-order valence-corrected chi connectivity index (χ2v) is 7.24.